The maximum atomic E-state index is 6.08. The predicted octanol–water partition coefficient (Wildman–Crippen LogP) is 2.16. The topological polar surface area (TPSA) is 56.7 Å². The lowest BCUT2D eigenvalue weighted by molar-refractivity contribution is 0.128. The Morgan fingerprint density at radius 1 is 1.14 bits per heavy atom. The van der Waals surface area contributed by atoms with Crippen molar-refractivity contribution in [1.29, 1.82) is 0 Å². The summed E-state index contributed by atoms with van der Waals surface area (Å²) in [5, 5.41) is 0.420. The summed E-state index contributed by atoms with van der Waals surface area (Å²) < 4.78 is 15.6. The van der Waals surface area contributed by atoms with Gasteiger partial charge in [0, 0.05) is 46.6 Å². The minimum atomic E-state index is 0.361. The Labute approximate surface area is 131 Å². The molecule has 120 valence electrons. The zero-order valence-corrected chi connectivity index (χ0v) is 13.7. The first-order chi connectivity index (χ1) is 10.2. The fraction of sp³-hybridized carbons (Fsp3) is 0.714. The molecule has 0 amide bonds. The summed E-state index contributed by atoms with van der Waals surface area (Å²) in [5.41, 5.74) is 0. The summed E-state index contributed by atoms with van der Waals surface area (Å²) in [5.74, 6) is 1.38. The van der Waals surface area contributed by atoms with E-state index in [9.17, 15) is 0 Å². The third kappa shape index (κ3) is 7.04. The standard InChI is InChI=1S/C14H24ClN3O3/c1-4-21-11-13-16-12(15)10-14(17-13)18(7-9-20-3)6-5-8-19-2/h10H,4-9,11H2,1-3H3. The largest absolute Gasteiger partial charge is 0.385 e. The van der Waals surface area contributed by atoms with Gasteiger partial charge < -0.3 is 19.1 Å². The molecular weight excluding hydrogens is 294 g/mol. The predicted molar refractivity (Wildman–Crippen MR) is 83.0 cm³/mol. The van der Waals surface area contributed by atoms with Crippen molar-refractivity contribution in [3.05, 3.63) is 17.0 Å². The molecule has 0 aliphatic rings. The van der Waals surface area contributed by atoms with E-state index in [2.05, 4.69) is 14.9 Å². The smallest absolute Gasteiger partial charge is 0.158 e. The van der Waals surface area contributed by atoms with Crippen LogP contribution in [0.1, 0.15) is 19.2 Å². The first-order valence-electron chi connectivity index (χ1n) is 7.05. The summed E-state index contributed by atoms with van der Waals surface area (Å²) >= 11 is 6.08. The molecule has 0 atom stereocenters. The Balaban J connectivity index is 2.80. The Bertz CT molecular complexity index is 407. The van der Waals surface area contributed by atoms with Crippen LogP contribution in [0.15, 0.2) is 6.07 Å². The summed E-state index contributed by atoms with van der Waals surface area (Å²) in [7, 11) is 3.38. The number of methoxy groups -OCH3 is 2. The van der Waals surface area contributed by atoms with Crippen LogP contribution in [-0.2, 0) is 20.8 Å². The highest BCUT2D eigenvalue weighted by molar-refractivity contribution is 6.29. The van der Waals surface area contributed by atoms with Crippen molar-refractivity contribution < 1.29 is 14.2 Å². The van der Waals surface area contributed by atoms with Gasteiger partial charge in [-0.1, -0.05) is 11.6 Å². The molecule has 1 aromatic heterocycles. The lowest BCUT2D eigenvalue weighted by Crippen LogP contribution is -2.30. The third-order valence-electron chi connectivity index (χ3n) is 2.83. The summed E-state index contributed by atoms with van der Waals surface area (Å²) in [6.07, 6.45) is 0.905. The lowest BCUT2D eigenvalue weighted by Gasteiger charge is -2.23. The van der Waals surface area contributed by atoms with Crippen LogP contribution in [0.4, 0.5) is 5.82 Å². The van der Waals surface area contributed by atoms with Gasteiger partial charge in [-0.05, 0) is 13.3 Å². The van der Waals surface area contributed by atoms with E-state index in [1.54, 1.807) is 20.3 Å². The number of anilines is 1. The van der Waals surface area contributed by atoms with Gasteiger partial charge in [0.1, 0.15) is 17.6 Å². The zero-order chi connectivity index (χ0) is 15.5. The molecule has 7 heteroatoms. The van der Waals surface area contributed by atoms with E-state index in [4.69, 9.17) is 25.8 Å². The molecule has 0 bridgehead atoms. The monoisotopic (exact) mass is 317 g/mol. The molecule has 0 fully saturated rings. The van der Waals surface area contributed by atoms with Crippen molar-refractivity contribution in [3.8, 4) is 0 Å². The van der Waals surface area contributed by atoms with Crippen LogP contribution >= 0.6 is 11.6 Å². The number of hydrogen-bond acceptors (Lipinski definition) is 6. The summed E-state index contributed by atoms with van der Waals surface area (Å²) in [6, 6.07) is 1.76. The Kier molecular flexibility index (Phi) is 9.25. The maximum absolute atomic E-state index is 6.08. The molecule has 0 saturated carbocycles. The van der Waals surface area contributed by atoms with Gasteiger partial charge in [0.15, 0.2) is 5.82 Å². The van der Waals surface area contributed by atoms with Crippen molar-refractivity contribution in [1.82, 2.24) is 9.97 Å². The second-order valence-corrected chi connectivity index (χ2v) is 4.82. The quantitative estimate of drug-likeness (QED) is 0.460. The lowest BCUT2D eigenvalue weighted by atomic mass is 10.3. The molecule has 0 N–H and O–H groups in total. The molecule has 0 radical (unpaired) electrons. The van der Waals surface area contributed by atoms with Gasteiger partial charge >= 0.3 is 0 Å². The molecular formula is C14H24ClN3O3. The van der Waals surface area contributed by atoms with E-state index in [0.29, 0.717) is 37.4 Å². The van der Waals surface area contributed by atoms with Gasteiger partial charge in [-0.3, -0.25) is 0 Å². The highest BCUT2D eigenvalue weighted by Gasteiger charge is 2.11. The number of halogens is 1. The average molecular weight is 318 g/mol. The van der Waals surface area contributed by atoms with Gasteiger partial charge in [0.2, 0.25) is 0 Å². The molecule has 0 saturated heterocycles. The van der Waals surface area contributed by atoms with Crippen molar-refractivity contribution in [2.75, 3.05) is 52.0 Å². The molecule has 21 heavy (non-hydrogen) atoms. The van der Waals surface area contributed by atoms with Crippen LogP contribution in [0.25, 0.3) is 0 Å². The second-order valence-electron chi connectivity index (χ2n) is 4.43. The van der Waals surface area contributed by atoms with E-state index in [1.807, 2.05) is 6.92 Å². The molecule has 0 aromatic carbocycles. The van der Waals surface area contributed by atoms with Crippen molar-refractivity contribution >= 4 is 17.4 Å². The minimum Gasteiger partial charge on any atom is -0.385 e. The van der Waals surface area contributed by atoms with Crippen molar-refractivity contribution in [2.45, 2.75) is 20.0 Å². The van der Waals surface area contributed by atoms with Crippen LogP contribution in [0.2, 0.25) is 5.15 Å². The van der Waals surface area contributed by atoms with Crippen LogP contribution in [0.3, 0.4) is 0 Å². The molecule has 0 spiro atoms. The number of hydrogen-bond donors (Lipinski definition) is 0. The first-order valence-corrected chi connectivity index (χ1v) is 7.43. The highest BCUT2D eigenvalue weighted by Crippen LogP contribution is 2.17. The van der Waals surface area contributed by atoms with Gasteiger partial charge in [-0.15, -0.1) is 0 Å². The Morgan fingerprint density at radius 3 is 2.57 bits per heavy atom. The van der Waals surface area contributed by atoms with Crippen LogP contribution < -0.4 is 4.90 Å². The molecule has 1 rings (SSSR count). The SMILES string of the molecule is CCOCc1nc(Cl)cc(N(CCCOC)CCOC)n1. The molecule has 1 heterocycles. The van der Waals surface area contributed by atoms with E-state index in [-0.39, 0.29) is 0 Å². The van der Waals surface area contributed by atoms with Crippen LogP contribution in [-0.4, -0.2) is 57.1 Å². The normalized spacial score (nSPS) is 10.9. The molecule has 0 unspecified atom stereocenters. The average Bonchev–Trinajstić information content (AvgIpc) is 2.48. The van der Waals surface area contributed by atoms with Crippen molar-refractivity contribution in [2.24, 2.45) is 0 Å². The van der Waals surface area contributed by atoms with Gasteiger partial charge in [0.05, 0.1) is 6.61 Å². The number of ether oxygens (including phenoxy) is 3. The molecule has 6 nitrogen and oxygen atoms in total. The third-order valence-corrected chi connectivity index (χ3v) is 3.02. The van der Waals surface area contributed by atoms with E-state index in [0.717, 1.165) is 25.3 Å². The van der Waals surface area contributed by atoms with Gasteiger partial charge in [0.25, 0.3) is 0 Å². The van der Waals surface area contributed by atoms with Crippen LogP contribution in [0, 0.1) is 0 Å². The van der Waals surface area contributed by atoms with E-state index >= 15 is 0 Å². The van der Waals surface area contributed by atoms with Crippen molar-refractivity contribution in [3.63, 3.8) is 0 Å². The first kappa shape index (κ1) is 18.1. The second kappa shape index (κ2) is 10.7. The fourth-order valence-corrected chi connectivity index (χ4v) is 2.01. The Morgan fingerprint density at radius 2 is 1.90 bits per heavy atom. The highest BCUT2D eigenvalue weighted by atomic mass is 35.5. The maximum Gasteiger partial charge on any atom is 0.158 e. The fourth-order valence-electron chi connectivity index (χ4n) is 1.81. The molecule has 0 aliphatic carbocycles. The van der Waals surface area contributed by atoms with Gasteiger partial charge in [-0.25, -0.2) is 9.97 Å². The zero-order valence-electron chi connectivity index (χ0n) is 13.0. The van der Waals surface area contributed by atoms with Crippen LogP contribution in [0.5, 0.6) is 0 Å². The van der Waals surface area contributed by atoms with E-state index in [1.165, 1.54) is 0 Å². The number of nitrogens with zero attached hydrogens (tertiary/aromatic N) is 3. The number of rotatable bonds is 11. The summed E-state index contributed by atoms with van der Waals surface area (Å²) in [6.45, 7) is 5.79. The molecule has 0 aliphatic heterocycles. The minimum absolute atomic E-state index is 0.361. The Hall–Kier alpha value is -0.950. The van der Waals surface area contributed by atoms with E-state index < -0.39 is 0 Å². The van der Waals surface area contributed by atoms with Gasteiger partial charge in [-0.2, -0.15) is 0 Å². The summed E-state index contributed by atoms with van der Waals surface area (Å²) in [4.78, 5) is 10.8. The molecule has 1 aromatic rings. The number of aromatic nitrogens is 2.